The molecule has 0 spiro atoms. The molecule has 5 heteroatoms. The van der Waals surface area contributed by atoms with Crippen LogP contribution in [0.3, 0.4) is 0 Å². The van der Waals surface area contributed by atoms with Gasteiger partial charge in [-0.05, 0) is 48.7 Å². The lowest BCUT2D eigenvalue weighted by Crippen LogP contribution is -2.36. The third-order valence-corrected chi connectivity index (χ3v) is 6.31. The van der Waals surface area contributed by atoms with Crippen molar-refractivity contribution in [2.75, 3.05) is 6.54 Å². The zero-order valence-electron chi connectivity index (χ0n) is 17.1. The first-order valence-electron chi connectivity index (χ1n) is 10.5. The van der Waals surface area contributed by atoms with Gasteiger partial charge in [-0.2, -0.15) is 0 Å². The maximum absolute atomic E-state index is 13.6. The quantitative estimate of drug-likeness (QED) is 0.564. The smallest absolute Gasteiger partial charge is 0.257 e. The first-order valence-corrected chi connectivity index (χ1v) is 10.5. The second-order valence-electron chi connectivity index (χ2n) is 8.93. The van der Waals surface area contributed by atoms with Gasteiger partial charge >= 0.3 is 0 Å². The lowest BCUT2D eigenvalue weighted by molar-refractivity contribution is 0.0800. The molecule has 0 saturated heterocycles. The molecular weight excluding hydrogens is 370 g/mol. The van der Waals surface area contributed by atoms with Gasteiger partial charge in [0.1, 0.15) is 0 Å². The molecule has 0 N–H and O–H groups in total. The van der Waals surface area contributed by atoms with Crippen molar-refractivity contribution in [2.45, 2.75) is 63.8 Å². The Bertz CT molecular complexity index is 936. The summed E-state index contributed by atoms with van der Waals surface area (Å²) >= 11 is 0. The Morgan fingerprint density at radius 1 is 1.03 bits per heavy atom. The molecule has 1 aliphatic carbocycles. The minimum absolute atomic E-state index is 0.155. The fraction of sp³-hybridized carbons (Fsp3) is 0.458. The Morgan fingerprint density at radius 2 is 1.76 bits per heavy atom. The molecule has 0 unspecified atom stereocenters. The number of nitrogens with zero attached hydrogens (tertiary/aromatic N) is 2. The van der Waals surface area contributed by atoms with E-state index in [4.69, 9.17) is 0 Å². The predicted octanol–water partition coefficient (Wildman–Crippen LogP) is 6.07. The SMILES string of the molecule is CC1(C)CN(C(=O)c2ccc(F)c(F)c2)C=Cc2c1ccn2C1CCCCCC1. The monoisotopic (exact) mass is 398 g/mol. The van der Waals surface area contributed by atoms with Gasteiger partial charge < -0.3 is 9.47 Å². The molecule has 3 nitrogen and oxygen atoms in total. The highest BCUT2D eigenvalue weighted by atomic mass is 19.2. The summed E-state index contributed by atoms with van der Waals surface area (Å²) < 4.78 is 29.3. The molecule has 1 amide bonds. The van der Waals surface area contributed by atoms with E-state index < -0.39 is 11.6 Å². The van der Waals surface area contributed by atoms with Gasteiger partial charge in [0.05, 0.1) is 0 Å². The highest BCUT2D eigenvalue weighted by Crippen LogP contribution is 2.37. The van der Waals surface area contributed by atoms with Crippen molar-refractivity contribution in [2.24, 2.45) is 0 Å². The summed E-state index contributed by atoms with van der Waals surface area (Å²) in [5.41, 5.74) is 2.27. The Kier molecular flexibility index (Phi) is 5.32. The molecule has 2 heterocycles. The first-order chi connectivity index (χ1) is 13.9. The van der Waals surface area contributed by atoms with Crippen molar-refractivity contribution in [3.8, 4) is 0 Å². The van der Waals surface area contributed by atoms with Gasteiger partial charge in [0.2, 0.25) is 0 Å². The average Bonchev–Trinajstić information content (AvgIpc) is 2.86. The van der Waals surface area contributed by atoms with Crippen LogP contribution in [0.2, 0.25) is 0 Å². The number of benzene rings is 1. The van der Waals surface area contributed by atoms with Crippen LogP contribution in [0.25, 0.3) is 6.08 Å². The molecule has 0 bridgehead atoms. The van der Waals surface area contributed by atoms with Crippen molar-refractivity contribution < 1.29 is 13.6 Å². The van der Waals surface area contributed by atoms with Crippen molar-refractivity contribution in [1.29, 1.82) is 0 Å². The molecule has 1 aromatic carbocycles. The number of carbonyl (C=O) groups is 1. The number of hydrogen-bond donors (Lipinski definition) is 0. The molecule has 154 valence electrons. The van der Waals surface area contributed by atoms with Crippen molar-refractivity contribution >= 4 is 12.0 Å². The van der Waals surface area contributed by atoms with Crippen LogP contribution in [0.15, 0.2) is 36.7 Å². The zero-order chi connectivity index (χ0) is 20.6. The molecule has 0 radical (unpaired) electrons. The van der Waals surface area contributed by atoms with Gasteiger partial charge in [0.25, 0.3) is 5.91 Å². The molecule has 2 aromatic rings. The number of hydrogen-bond acceptors (Lipinski definition) is 1. The summed E-state index contributed by atoms with van der Waals surface area (Å²) in [6.07, 6.45) is 13.5. The maximum atomic E-state index is 13.6. The third kappa shape index (κ3) is 3.87. The van der Waals surface area contributed by atoms with E-state index in [0.29, 0.717) is 12.6 Å². The van der Waals surface area contributed by atoms with Crippen molar-refractivity contribution in [3.05, 3.63) is 65.1 Å². The molecule has 2 aliphatic rings. The van der Waals surface area contributed by atoms with Gasteiger partial charge in [-0.25, -0.2) is 8.78 Å². The lowest BCUT2D eigenvalue weighted by Gasteiger charge is -2.29. The highest BCUT2D eigenvalue weighted by molar-refractivity contribution is 5.95. The number of amides is 1. The third-order valence-electron chi connectivity index (χ3n) is 6.31. The Labute approximate surface area is 171 Å². The zero-order valence-corrected chi connectivity index (χ0v) is 17.1. The van der Waals surface area contributed by atoms with Gasteiger partial charge in [-0.1, -0.05) is 39.5 Å². The van der Waals surface area contributed by atoms with Crippen LogP contribution in [-0.4, -0.2) is 21.9 Å². The predicted molar refractivity (Wildman–Crippen MR) is 111 cm³/mol. The number of aromatic nitrogens is 1. The molecule has 1 fully saturated rings. The fourth-order valence-electron chi connectivity index (χ4n) is 4.72. The van der Waals surface area contributed by atoms with E-state index in [1.807, 2.05) is 6.08 Å². The average molecular weight is 398 g/mol. The van der Waals surface area contributed by atoms with Gasteiger partial charge in [-0.3, -0.25) is 4.79 Å². The normalized spacial score (nSPS) is 19.5. The molecule has 1 aromatic heterocycles. The topological polar surface area (TPSA) is 25.2 Å². The van der Waals surface area contributed by atoms with Crippen LogP contribution in [0.1, 0.15) is 80.0 Å². The van der Waals surface area contributed by atoms with Crippen LogP contribution in [0.5, 0.6) is 0 Å². The van der Waals surface area contributed by atoms with Crippen LogP contribution < -0.4 is 0 Å². The molecule has 1 saturated carbocycles. The highest BCUT2D eigenvalue weighted by Gasteiger charge is 2.33. The minimum Gasteiger partial charge on any atom is -0.345 e. The standard InChI is InChI=1S/C24H28F2N2O/c1-24(2)16-27(23(29)17-9-10-20(25)21(26)15-17)13-12-22-19(24)11-14-28(22)18-7-5-3-4-6-8-18/h9-15,18H,3-8,16H2,1-2H3. The first kappa shape index (κ1) is 19.9. The molecule has 4 rings (SSSR count). The lowest BCUT2D eigenvalue weighted by atomic mass is 9.84. The maximum Gasteiger partial charge on any atom is 0.257 e. The Balaban J connectivity index is 1.66. The van der Waals surface area contributed by atoms with Crippen molar-refractivity contribution in [1.82, 2.24) is 9.47 Å². The molecule has 29 heavy (non-hydrogen) atoms. The van der Waals surface area contributed by atoms with Crippen LogP contribution >= 0.6 is 0 Å². The fourth-order valence-corrected chi connectivity index (χ4v) is 4.72. The van der Waals surface area contributed by atoms with E-state index in [9.17, 15) is 13.6 Å². The summed E-state index contributed by atoms with van der Waals surface area (Å²) in [6, 6.07) is 5.99. The van der Waals surface area contributed by atoms with Gasteiger partial charge in [-0.15, -0.1) is 0 Å². The Morgan fingerprint density at radius 3 is 2.45 bits per heavy atom. The van der Waals surface area contributed by atoms with E-state index in [0.717, 1.165) is 17.8 Å². The van der Waals surface area contributed by atoms with E-state index in [1.54, 1.807) is 11.1 Å². The van der Waals surface area contributed by atoms with E-state index in [2.05, 4.69) is 30.7 Å². The molecule has 0 atom stereocenters. The van der Waals surface area contributed by atoms with Crippen LogP contribution in [0, 0.1) is 11.6 Å². The van der Waals surface area contributed by atoms with Crippen molar-refractivity contribution in [3.63, 3.8) is 0 Å². The summed E-state index contributed by atoms with van der Waals surface area (Å²) in [6.45, 7) is 4.73. The second-order valence-corrected chi connectivity index (χ2v) is 8.93. The van der Waals surface area contributed by atoms with Gasteiger partial charge in [0, 0.05) is 41.7 Å². The van der Waals surface area contributed by atoms with E-state index in [1.165, 1.54) is 50.2 Å². The minimum atomic E-state index is -1.00. The van der Waals surface area contributed by atoms with Gasteiger partial charge in [0.15, 0.2) is 11.6 Å². The number of fused-ring (bicyclic) bond motifs is 1. The van der Waals surface area contributed by atoms with Crippen LogP contribution in [0.4, 0.5) is 8.78 Å². The Hall–Kier alpha value is -2.43. The summed E-state index contributed by atoms with van der Waals surface area (Å²) in [7, 11) is 0. The van der Waals surface area contributed by atoms with E-state index in [-0.39, 0.29) is 16.9 Å². The number of halogens is 2. The second kappa shape index (κ2) is 7.77. The van der Waals surface area contributed by atoms with Crippen LogP contribution in [-0.2, 0) is 5.41 Å². The summed E-state index contributed by atoms with van der Waals surface area (Å²) in [4.78, 5) is 14.6. The molecule has 1 aliphatic heterocycles. The largest absolute Gasteiger partial charge is 0.345 e. The molecular formula is C24H28F2N2O. The summed E-state index contributed by atoms with van der Waals surface area (Å²) in [5, 5.41) is 0. The number of carbonyl (C=O) groups excluding carboxylic acids is 1. The number of rotatable bonds is 2. The van der Waals surface area contributed by atoms with E-state index >= 15 is 0 Å². The summed E-state index contributed by atoms with van der Waals surface area (Å²) in [5.74, 6) is -2.27.